The molecule has 0 aliphatic heterocycles. The van der Waals surface area contributed by atoms with Crippen molar-refractivity contribution in [3.63, 3.8) is 0 Å². The van der Waals surface area contributed by atoms with Gasteiger partial charge in [-0.25, -0.2) is 4.98 Å². The molecule has 0 spiro atoms. The van der Waals surface area contributed by atoms with Crippen LogP contribution in [0.1, 0.15) is 16.7 Å². The van der Waals surface area contributed by atoms with Crippen LogP contribution in [0.5, 0.6) is 0 Å². The Bertz CT molecular complexity index is 1390. The molecule has 0 N–H and O–H groups in total. The minimum Gasteiger partial charge on any atom is -0.307 e. The van der Waals surface area contributed by atoms with E-state index in [9.17, 15) is 4.79 Å². The maximum Gasteiger partial charge on any atom is 0.278 e. The van der Waals surface area contributed by atoms with E-state index < -0.39 is 0 Å². The summed E-state index contributed by atoms with van der Waals surface area (Å²) in [7, 11) is 0. The number of aromatic nitrogens is 3. The lowest BCUT2D eigenvalue weighted by atomic mass is 10.1. The molecule has 2 aromatic heterocycles. The van der Waals surface area contributed by atoms with Gasteiger partial charge in [-0.15, -0.1) is 0 Å². The van der Waals surface area contributed by atoms with Gasteiger partial charge in [-0.3, -0.25) is 9.36 Å². The van der Waals surface area contributed by atoms with E-state index >= 15 is 0 Å². The van der Waals surface area contributed by atoms with Crippen LogP contribution in [0.3, 0.4) is 0 Å². The number of nitriles is 1. The standard InChI is InChI=1S/C23H20N4OS3/c1-15-7-6-8-16(2)18(15)27-21(28)19-20(25-22(27)30-14-12-24)26(23(29)31-19)13-11-17-9-4-3-5-10-17/h3-10H,11,13-14H2,1-2H3. The summed E-state index contributed by atoms with van der Waals surface area (Å²) in [5.41, 5.74) is 4.43. The van der Waals surface area contributed by atoms with E-state index in [0.29, 0.717) is 26.0 Å². The molecule has 0 aliphatic carbocycles. The highest BCUT2D eigenvalue weighted by molar-refractivity contribution is 7.99. The van der Waals surface area contributed by atoms with Gasteiger partial charge in [0, 0.05) is 6.54 Å². The smallest absolute Gasteiger partial charge is 0.278 e. The van der Waals surface area contributed by atoms with Crippen molar-refractivity contribution in [2.45, 2.75) is 32.0 Å². The maximum atomic E-state index is 13.6. The molecule has 0 aliphatic rings. The highest BCUT2D eigenvalue weighted by Crippen LogP contribution is 2.27. The highest BCUT2D eigenvalue weighted by Gasteiger charge is 2.20. The Kier molecular flexibility index (Phi) is 6.37. The average molecular weight is 465 g/mol. The van der Waals surface area contributed by atoms with Gasteiger partial charge in [-0.05, 0) is 49.2 Å². The molecule has 4 aromatic rings. The van der Waals surface area contributed by atoms with E-state index in [1.54, 1.807) is 4.57 Å². The van der Waals surface area contributed by atoms with Crippen molar-refractivity contribution in [3.05, 3.63) is 79.5 Å². The Labute approximate surface area is 193 Å². The second-order valence-electron chi connectivity index (χ2n) is 7.13. The average Bonchev–Trinajstić information content (AvgIpc) is 3.08. The molecule has 0 unspecified atom stereocenters. The minimum absolute atomic E-state index is 0.141. The summed E-state index contributed by atoms with van der Waals surface area (Å²) in [6.45, 7) is 4.60. The third-order valence-electron chi connectivity index (χ3n) is 5.05. The van der Waals surface area contributed by atoms with Crippen LogP contribution in [-0.4, -0.2) is 19.9 Å². The first-order valence-electron chi connectivity index (χ1n) is 9.78. The molecule has 0 radical (unpaired) electrons. The molecule has 0 fully saturated rings. The first kappa shape index (κ1) is 21.5. The van der Waals surface area contributed by atoms with Crippen molar-refractivity contribution < 1.29 is 0 Å². The lowest BCUT2D eigenvalue weighted by Crippen LogP contribution is -2.23. The molecule has 2 heterocycles. The van der Waals surface area contributed by atoms with Crippen molar-refractivity contribution in [2.24, 2.45) is 0 Å². The summed E-state index contributed by atoms with van der Waals surface area (Å²) >= 11 is 8.17. The normalized spacial score (nSPS) is 11.0. The number of benzene rings is 2. The Morgan fingerprint density at radius 3 is 2.52 bits per heavy atom. The fourth-order valence-electron chi connectivity index (χ4n) is 3.61. The molecule has 2 aromatic carbocycles. The molecular formula is C23H20N4OS3. The van der Waals surface area contributed by atoms with Gasteiger partial charge < -0.3 is 4.57 Å². The molecule has 0 bridgehead atoms. The van der Waals surface area contributed by atoms with Gasteiger partial charge in [-0.2, -0.15) is 5.26 Å². The number of hydrogen-bond donors (Lipinski definition) is 0. The number of rotatable bonds is 6. The van der Waals surface area contributed by atoms with E-state index in [1.807, 2.05) is 54.8 Å². The van der Waals surface area contributed by atoms with Gasteiger partial charge in [0.25, 0.3) is 5.56 Å². The zero-order valence-corrected chi connectivity index (χ0v) is 19.6. The topological polar surface area (TPSA) is 63.6 Å². The van der Waals surface area contributed by atoms with Crippen molar-refractivity contribution >= 4 is 45.7 Å². The largest absolute Gasteiger partial charge is 0.307 e. The van der Waals surface area contributed by atoms with E-state index in [2.05, 4.69) is 18.2 Å². The van der Waals surface area contributed by atoms with E-state index in [1.165, 1.54) is 28.7 Å². The molecule has 0 saturated carbocycles. The third kappa shape index (κ3) is 4.22. The monoisotopic (exact) mass is 464 g/mol. The number of fused-ring (bicyclic) bond motifs is 1. The van der Waals surface area contributed by atoms with Gasteiger partial charge in [0.1, 0.15) is 4.70 Å². The minimum atomic E-state index is -0.141. The Balaban J connectivity index is 1.90. The van der Waals surface area contributed by atoms with E-state index in [0.717, 1.165) is 23.2 Å². The summed E-state index contributed by atoms with van der Waals surface area (Å²) in [6, 6.07) is 18.2. The number of hydrogen-bond acceptors (Lipinski definition) is 6. The quantitative estimate of drug-likeness (QED) is 0.216. The second-order valence-corrected chi connectivity index (χ2v) is 9.72. The molecule has 31 heavy (non-hydrogen) atoms. The maximum absolute atomic E-state index is 13.6. The molecule has 0 amide bonds. The lowest BCUT2D eigenvalue weighted by Gasteiger charge is -2.16. The first-order valence-corrected chi connectivity index (χ1v) is 12.0. The van der Waals surface area contributed by atoms with Crippen LogP contribution in [0.25, 0.3) is 16.0 Å². The number of nitrogens with zero attached hydrogens (tertiary/aromatic N) is 4. The fourth-order valence-corrected chi connectivity index (χ4v) is 5.57. The summed E-state index contributed by atoms with van der Waals surface area (Å²) in [5.74, 6) is 0.206. The van der Waals surface area contributed by atoms with Gasteiger partial charge in [0.05, 0.1) is 17.5 Å². The van der Waals surface area contributed by atoms with Crippen molar-refractivity contribution in [2.75, 3.05) is 5.75 Å². The zero-order chi connectivity index (χ0) is 22.0. The summed E-state index contributed by atoms with van der Waals surface area (Å²) in [6.07, 6.45) is 0.795. The summed E-state index contributed by atoms with van der Waals surface area (Å²) < 4.78 is 4.75. The molecule has 156 valence electrons. The Hall–Kier alpha value is -2.73. The molecule has 5 nitrogen and oxygen atoms in total. The van der Waals surface area contributed by atoms with E-state index in [-0.39, 0.29) is 11.3 Å². The van der Waals surface area contributed by atoms with Crippen molar-refractivity contribution in [1.82, 2.24) is 14.1 Å². The van der Waals surface area contributed by atoms with Gasteiger partial charge in [-0.1, -0.05) is 71.6 Å². The number of thiazole rings is 1. The van der Waals surface area contributed by atoms with Crippen LogP contribution in [0.2, 0.25) is 0 Å². The van der Waals surface area contributed by atoms with Crippen molar-refractivity contribution in [1.29, 1.82) is 5.26 Å². The molecule has 0 saturated heterocycles. The number of para-hydroxylation sites is 1. The first-order chi connectivity index (χ1) is 15.0. The van der Waals surface area contributed by atoms with Crippen LogP contribution in [0.4, 0.5) is 0 Å². The van der Waals surface area contributed by atoms with Crippen LogP contribution in [0, 0.1) is 29.1 Å². The van der Waals surface area contributed by atoms with Gasteiger partial charge in [0.2, 0.25) is 0 Å². The summed E-state index contributed by atoms with van der Waals surface area (Å²) in [4.78, 5) is 18.5. The fraction of sp³-hybridized carbons (Fsp3) is 0.217. The predicted molar refractivity (Wildman–Crippen MR) is 130 cm³/mol. The van der Waals surface area contributed by atoms with Crippen molar-refractivity contribution in [3.8, 4) is 11.8 Å². The zero-order valence-electron chi connectivity index (χ0n) is 17.2. The van der Waals surface area contributed by atoms with Gasteiger partial charge in [0.15, 0.2) is 14.8 Å². The Morgan fingerprint density at radius 1 is 1.13 bits per heavy atom. The van der Waals surface area contributed by atoms with Crippen LogP contribution >= 0.6 is 35.3 Å². The number of aryl methyl sites for hydroxylation is 4. The summed E-state index contributed by atoms with van der Waals surface area (Å²) in [5, 5.41) is 9.66. The molecule has 4 rings (SSSR count). The molecule has 8 heteroatoms. The third-order valence-corrected chi connectivity index (χ3v) is 7.29. The van der Waals surface area contributed by atoms with Crippen LogP contribution < -0.4 is 5.56 Å². The lowest BCUT2D eigenvalue weighted by molar-refractivity contribution is 0.700. The second kappa shape index (κ2) is 9.18. The van der Waals surface area contributed by atoms with Gasteiger partial charge >= 0.3 is 0 Å². The molecular weight excluding hydrogens is 444 g/mol. The predicted octanol–water partition coefficient (Wildman–Crippen LogP) is 5.45. The Morgan fingerprint density at radius 2 is 1.84 bits per heavy atom. The van der Waals surface area contributed by atoms with Crippen LogP contribution in [0.15, 0.2) is 58.5 Å². The van der Waals surface area contributed by atoms with Crippen LogP contribution in [-0.2, 0) is 13.0 Å². The number of thioether (sulfide) groups is 1. The SMILES string of the molecule is Cc1cccc(C)c1-n1c(SCC#N)nc2c(sc(=S)n2CCc2ccccc2)c1=O. The molecule has 0 atom stereocenters. The highest BCUT2D eigenvalue weighted by atomic mass is 32.2. The van der Waals surface area contributed by atoms with E-state index in [4.69, 9.17) is 22.5 Å².